The highest BCUT2D eigenvalue weighted by Crippen LogP contribution is 2.26. The van der Waals surface area contributed by atoms with Crippen molar-refractivity contribution >= 4 is 0 Å². The first-order chi connectivity index (χ1) is 8.16. The summed E-state index contributed by atoms with van der Waals surface area (Å²) in [7, 11) is 0. The van der Waals surface area contributed by atoms with E-state index in [9.17, 15) is 0 Å². The standard InChI is InChI=1S/C14H21NO2/c1-10-3-4-14(13(7-10)11(2)15)17-9-12-5-6-16-8-12/h3-4,7,11-12H,5-6,8-9,15H2,1-2H3/t11-,12?/m1/s1. The van der Waals surface area contributed by atoms with Crippen LogP contribution in [0.4, 0.5) is 0 Å². The van der Waals surface area contributed by atoms with Gasteiger partial charge in [0.1, 0.15) is 5.75 Å². The Morgan fingerprint density at radius 2 is 2.35 bits per heavy atom. The molecule has 1 aromatic rings. The SMILES string of the molecule is Cc1ccc(OCC2CCOC2)c([C@@H](C)N)c1. The summed E-state index contributed by atoms with van der Waals surface area (Å²) in [5, 5.41) is 0. The third-order valence-electron chi connectivity index (χ3n) is 3.15. The third-order valence-corrected chi connectivity index (χ3v) is 3.15. The van der Waals surface area contributed by atoms with Crippen LogP contribution in [-0.4, -0.2) is 19.8 Å². The van der Waals surface area contributed by atoms with Gasteiger partial charge in [0.2, 0.25) is 0 Å². The van der Waals surface area contributed by atoms with E-state index < -0.39 is 0 Å². The molecule has 1 saturated heterocycles. The van der Waals surface area contributed by atoms with Gasteiger partial charge >= 0.3 is 0 Å². The Kier molecular flexibility index (Phi) is 4.02. The molecule has 3 nitrogen and oxygen atoms in total. The fraction of sp³-hybridized carbons (Fsp3) is 0.571. The van der Waals surface area contributed by atoms with E-state index in [-0.39, 0.29) is 6.04 Å². The summed E-state index contributed by atoms with van der Waals surface area (Å²) in [5.41, 5.74) is 8.27. The Labute approximate surface area is 103 Å². The maximum Gasteiger partial charge on any atom is 0.124 e. The maximum absolute atomic E-state index is 5.96. The number of ether oxygens (including phenoxy) is 2. The van der Waals surface area contributed by atoms with Crippen LogP contribution in [0.1, 0.15) is 30.5 Å². The summed E-state index contributed by atoms with van der Waals surface area (Å²) >= 11 is 0. The molecule has 17 heavy (non-hydrogen) atoms. The normalized spacial score (nSPS) is 21.5. The number of hydrogen-bond acceptors (Lipinski definition) is 3. The molecular weight excluding hydrogens is 214 g/mol. The molecule has 1 unspecified atom stereocenters. The number of rotatable bonds is 4. The quantitative estimate of drug-likeness (QED) is 0.871. The Balaban J connectivity index is 2.03. The van der Waals surface area contributed by atoms with Gasteiger partial charge < -0.3 is 15.2 Å². The van der Waals surface area contributed by atoms with Gasteiger partial charge in [0.05, 0.1) is 13.2 Å². The first-order valence-corrected chi connectivity index (χ1v) is 6.23. The molecule has 1 heterocycles. The fourth-order valence-corrected chi connectivity index (χ4v) is 2.08. The third kappa shape index (κ3) is 3.20. The maximum atomic E-state index is 5.96. The van der Waals surface area contributed by atoms with Crippen LogP contribution in [0.2, 0.25) is 0 Å². The zero-order chi connectivity index (χ0) is 12.3. The van der Waals surface area contributed by atoms with Gasteiger partial charge in [0.15, 0.2) is 0 Å². The number of benzene rings is 1. The van der Waals surface area contributed by atoms with Crippen LogP contribution in [0, 0.1) is 12.8 Å². The molecule has 0 aromatic heterocycles. The van der Waals surface area contributed by atoms with Gasteiger partial charge in [-0.25, -0.2) is 0 Å². The molecular formula is C14H21NO2. The molecule has 0 amide bonds. The molecule has 0 aliphatic carbocycles. The minimum Gasteiger partial charge on any atom is -0.493 e. The van der Waals surface area contributed by atoms with E-state index in [1.807, 2.05) is 13.0 Å². The first kappa shape index (κ1) is 12.4. The highest BCUT2D eigenvalue weighted by molar-refractivity contribution is 5.38. The summed E-state index contributed by atoms with van der Waals surface area (Å²) in [5.74, 6) is 1.44. The first-order valence-electron chi connectivity index (χ1n) is 6.23. The summed E-state index contributed by atoms with van der Waals surface area (Å²) in [6, 6.07) is 6.19. The lowest BCUT2D eigenvalue weighted by atomic mass is 10.0. The van der Waals surface area contributed by atoms with E-state index in [0.717, 1.165) is 37.6 Å². The average molecular weight is 235 g/mol. The molecule has 0 saturated carbocycles. The van der Waals surface area contributed by atoms with E-state index in [2.05, 4.69) is 19.1 Å². The molecule has 2 N–H and O–H groups in total. The van der Waals surface area contributed by atoms with Crippen molar-refractivity contribution in [1.82, 2.24) is 0 Å². The predicted molar refractivity (Wildman–Crippen MR) is 68.2 cm³/mol. The van der Waals surface area contributed by atoms with Crippen molar-refractivity contribution in [2.24, 2.45) is 11.7 Å². The second-order valence-corrected chi connectivity index (χ2v) is 4.87. The van der Waals surface area contributed by atoms with Crippen LogP contribution in [0.3, 0.4) is 0 Å². The van der Waals surface area contributed by atoms with Crippen molar-refractivity contribution in [3.05, 3.63) is 29.3 Å². The Bertz CT molecular complexity index is 370. The Morgan fingerprint density at radius 1 is 1.53 bits per heavy atom. The van der Waals surface area contributed by atoms with Gasteiger partial charge in [0.25, 0.3) is 0 Å². The lowest BCUT2D eigenvalue weighted by Gasteiger charge is -2.16. The lowest BCUT2D eigenvalue weighted by molar-refractivity contribution is 0.166. The molecule has 0 radical (unpaired) electrons. The zero-order valence-electron chi connectivity index (χ0n) is 10.6. The zero-order valence-corrected chi connectivity index (χ0v) is 10.6. The molecule has 2 rings (SSSR count). The molecule has 2 atom stereocenters. The molecule has 1 fully saturated rings. The van der Waals surface area contributed by atoms with E-state index >= 15 is 0 Å². The monoisotopic (exact) mass is 235 g/mol. The van der Waals surface area contributed by atoms with Crippen LogP contribution in [0.25, 0.3) is 0 Å². The van der Waals surface area contributed by atoms with E-state index in [4.69, 9.17) is 15.2 Å². The average Bonchev–Trinajstić information content (AvgIpc) is 2.80. The molecule has 0 bridgehead atoms. The van der Waals surface area contributed by atoms with Crippen LogP contribution >= 0.6 is 0 Å². The van der Waals surface area contributed by atoms with Gasteiger partial charge in [-0.1, -0.05) is 17.7 Å². The number of aryl methyl sites for hydroxylation is 1. The Morgan fingerprint density at radius 3 is 3.00 bits per heavy atom. The minimum atomic E-state index is 0.00438. The van der Waals surface area contributed by atoms with E-state index in [0.29, 0.717) is 5.92 Å². The van der Waals surface area contributed by atoms with E-state index in [1.165, 1.54) is 5.56 Å². The summed E-state index contributed by atoms with van der Waals surface area (Å²) in [6.07, 6.45) is 1.10. The summed E-state index contributed by atoms with van der Waals surface area (Å²) < 4.78 is 11.2. The number of hydrogen-bond donors (Lipinski definition) is 1. The summed E-state index contributed by atoms with van der Waals surface area (Å²) in [4.78, 5) is 0. The van der Waals surface area contributed by atoms with Gasteiger partial charge in [-0.05, 0) is 26.3 Å². The van der Waals surface area contributed by atoms with Crippen molar-refractivity contribution in [3.8, 4) is 5.75 Å². The van der Waals surface area contributed by atoms with E-state index in [1.54, 1.807) is 0 Å². The highest BCUT2D eigenvalue weighted by atomic mass is 16.5. The molecule has 3 heteroatoms. The minimum absolute atomic E-state index is 0.00438. The molecule has 94 valence electrons. The van der Waals surface area contributed by atoms with Gasteiger partial charge in [-0.3, -0.25) is 0 Å². The van der Waals surface area contributed by atoms with Crippen LogP contribution in [0.5, 0.6) is 5.75 Å². The predicted octanol–water partition coefficient (Wildman–Crippen LogP) is 2.43. The van der Waals surface area contributed by atoms with Gasteiger partial charge in [-0.2, -0.15) is 0 Å². The molecule has 1 aliphatic rings. The van der Waals surface area contributed by atoms with Crippen molar-refractivity contribution in [3.63, 3.8) is 0 Å². The smallest absolute Gasteiger partial charge is 0.124 e. The van der Waals surface area contributed by atoms with Crippen molar-refractivity contribution in [2.75, 3.05) is 19.8 Å². The van der Waals surface area contributed by atoms with Crippen LogP contribution < -0.4 is 10.5 Å². The van der Waals surface area contributed by atoms with Gasteiger partial charge in [-0.15, -0.1) is 0 Å². The highest BCUT2D eigenvalue weighted by Gasteiger charge is 2.17. The van der Waals surface area contributed by atoms with Crippen molar-refractivity contribution in [2.45, 2.75) is 26.3 Å². The van der Waals surface area contributed by atoms with Crippen molar-refractivity contribution < 1.29 is 9.47 Å². The fourth-order valence-electron chi connectivity index (χ4n) is 2.08. The Hall–Kier alpha value is -1.06. The lowest BCUT2D eigenvalue weighted by Crippen LogP contribution is -2.14. The van der Waals surface area contributed by atoms with Gasteiger partial charge in [0, 0.05) is 24.1 Å². The largest absolute Gasteiger partial charge is 0.493 e. The molecule has 1 aliphatic heterocycles. The second kappa shape index (κ2) is 5.52. The molecule has 1 aromatic carbocycles. The second-order valence-electron chi connectivity index (χ2n) is 4.87. The van der Waals surface area contributed by atoms with Crippen LogP contribution in [0.15, 0.2) is 18.2 Å². The number of nitrogens with two attached hydrogens (primary N) is 1. The van der Waals surface area contributed by atoms with Crippen molar-refractivity contribution in [1.29, 1.82) is 0 Å². The topological polar surface area (TPSA) is 44.5 Å². The molecule has 0 spiro atoms. The van der Waals surface area contributed by atoms with Crippen LogP contribution in [-0.2, 0) is 4.74 Å². The summed E-state index contributed by atoms with van der Waals surface area (Å²) in [6.45, 7) is 6.46.